The highest BCUT2D eigenvalue weighted by molar-refractivity contribution is 5.91. The van der Waals surface area contributed by atoms with Crippen LogP contribution >= 0.6 is 0 Å². The topological polar surface area (TPSA) is 49.8 Å². The molecule has 0 saturated carbocycles. The minimum absolute atomic E-state index is 0.0479. The Balaban J connectivity index is 2.64. The largest absolute Gasteiger partial charge is 0.395 e. The predicted octanol–water partition coefficient (Wildman–Crippen LogP) is 1.48. The number of rotatable bonds is 7. The van der Waals surface area contributed by atoms with Crippen LogP contribution in [-0.4, -0.2) is 49.3 Å². The van der Waals surface area contributed by atoms with Gasteiger partial charge in [-0.25, -0.2) is 0 Å². The van der Waals surface area contributed by atoms with Crippen LogP contribution in [-0.2, 0) is 9.53 Å². The molecule has 0 atom stereocenters. The number of aryl methyl sites for hydroxylation is 1. The molecule has 19 heavy (non-hydrogen) atoms. The van der Waals surface area contributed by atoms with Gasteiger partial charge in [-0.05, 0) is 18.6 Å². The lowest BCUT2D eigenvalue weighted by Gasteiger charge is -2.19. The molecule has 0 radical (unpaired) electrons. The van der Waals surface area contributed by atoms with Crippen molar-refractivity contribution >= 4 is 12.0 Å². The Morgan fingerprint density at radius 2 is 2.21 bits per heavy atom. The molecule has 4 heteroatoms. The summed E-state index contributed by atoms with van der Waals surface area (Å²) in [4.78, 5) is 13.5. The van der Waals surface area contributed by atoms with Crippen molar-refractivity contribution in [2.24, 2.45) is 0 Å². The fraction of sp³-hybridized carbons (Fsp3) is 0.400. The number of nitrogens with zero attached hydrogens (tertiary/aromatic N) is 1. The molecule has 0 aliphatic rings. The first-order valence-electron chi connectivity index (χ1n) is 6.31. The van der Waals surface area contributed by atoms with Crippen molar-refractivity contribution in [3.8, 4) is 0 Å². The highest BCUT2D eigenvalue weighted by Gasteiger charge is 2.09. The van der Waals surface area contributed by atoms with E-state index >= 15 is 0 Å². The molecule has 1 N–H and O–H groups in total. The molecule has 0 spiro atoms. The van der Waals surface area contributed by atoms with E-state index in [0.717, 1.165) is 11.1 Å². The van der Waals surface area contributed by atoms with E-state index < -0.39 is 0 Å². The first-order valence-corrected chi connectivity index (χ1v) is 6.31. The van der Waals surface area contributed by atoms with E-state index in [1.165, 1.54) is 6.08 Å². The van der Waals surface area contributed by atoms with Gasteiger partial charge in [0.15, 0.2) is 0 Å². The second-order valence-corrected chi connectivity index (χ2v) is 4.29. The van der Waals surface area contributed by atoms with Crippen molar-refractivity contribution in [3.63, 3.8) is 0 Å². The molecule has 1 aromatic carbocycles. The molecule has 1 rings (SSSR count). The van der Waals surface area contributed by atoms with Gasteiger partial charge < -0.3 is 14.7 Å². The van der Waals surface area contributed by atoms with Gasteiger partial charge in [-0.2, -0.15) is 0 Å². The average molecular weight is 263 g/mol. The fourth-order valence-corrected chi connectivity index (χ4v) is 1.70. The molecule has 1 amide bonds. The molecule has 0 saturated heterocycles. The zero-order valence-electron chi connectivity index (χ0n) is 11.5. The van der Waals surface area contributed by atoms with Crippen molar-refractivity contribution in [1.82, 2.24) is 4.90 Å². The lowest BCUT2D eigenvalue weighted by Crippen LogP contribution is -2.34. The summed E-state index contributed by atoms with van der Waals surface area (Å²) in [6.45, 7) is 3.22. The second-order valence-electron chi connectivity index (χ2n) is 4.29. The molecule has 0 fully saturated rings. The van der Waals surface area contributed by atoms with Gasteiger partial charge in [0.05, 0.1) is 13.2 Å². The Kier molecular flexibility index (Phi) is 6.85. The number of carbonyl (C=O) groups excluding carboxylic acids is 1. The Morgan fingerprint density at radius 3 is 2.84 bits per heavy atom. The molecule has 4 nitrogen and oxygen atoms in total. The van der Waals surface area contributed by atoms with E-state index in [1.807, 2.05) is 31.2 Å². The highest BCUT2D eigenvalue weighted by Crippen LogP contribution is 2.06. The Morgan fingerprint density at radius 1 is 1.42 bits per heavy atom. The third-order valence-corrected chi connectivity index (χ3v) is 2.71. The van der Waals surface area contributed by atoms with Crippen molar-refractivity contribution in [2.45, 2.75) is 6.92 Å². The van der Waals surface area contributed by atoms with Crippen LogP contribution in [0.25, 0.3) is 6.08 Å². The third kappa shape index (κ3) is 5.68. The molecule has 104 valence electrons. The summed E-state index contributed by atoms with van der Waals surface area (Å²) in [6.07, 6.45) is 3.31. The molecule has 0 aromatic heterocycles. The number of hydrogen-bond donors (Lipinski definition) is 1. The predicted molar refractivity (Wildman–Crippen MR) is 75.8 cm³/mol. The quantitative estimate of drug-likeness (QED) is 0.758. The zero-order valence-corrected chi connectivity index (χ0v) is 11.5. The maximum Gasteiger partial charge on any atom is 0.246 e. The van der Waals surface area contributed by atoms with Gasteiger partial charge in [0.2, 0.25) is 5.91 Å². The molecular formula is C15H21NO3. The van der Waals surface area contributed by atoms with E-state index in [9.17, 15) is 4.79 Å². The smallest absolute Gasteiger partial charge is 0.246 e. The summed E-state index contributed by atoms with van der Waals surface area (Å²) in [5.41, 5.74) is 2.14. The van der Waals surface area contributed by atoms with Crippen molar-refractivity contribution in [1.29, 1.82) is 0 Å². The number of carbonyl (C=O) groups is 1. The highest BCUT2D eigenvalue weighted by atomic mass is 16.5. The van der Waals surface area contributed by atoms with Crippen LogP contribution in [0.5, 0.6) is 0 Å². The van der Waals surface area contributed by atoms with Gasteiger partial charge in [0, 0.05) is 26.3 Å². The van der Waals surface area contributed by atoms with Crippen molar-refractivity contribution in [2.75, 3.05) is 33.4 Å². The van der Waals surface area contributed by atoms with Crippen molar-refractivity contribution in [3.05, 3.63) is 41.5 Å². The summed E-state index contributed by atoms with van der Waals surface area (Å²) in [5.74, 6) is -0.118. The van der Waals surface area contributed by atoms with E-state index in [1.54, 1.807) is 18.1 Å². The summed E-state index contributed by atoms with van der Waals surface area (Å²) in [7, 11) is 1.59. The van der Waals surface area contributed by atoms with Gasteiger partial charge in [-0.15, -0.1) is 0 Å². The molecule has 0 aliphatic heterocycles. The number of ether oxygens (including phenoxy) is 1. The molecular weight excluding hydrogens is 242 g/mol. The SMILES string of the molecule is COCCN(CCO)C(=O)/C=C/c1cccc(C)c1. The van der Waals surface area contributed by atoms with Crippen LogP contribution in [0.4, 0.5) is 0 Å². The van der Waals surface area contributed by atoms with Crippen LogP contribution in [0.1, 0.15) is 11.1 Å². The van der Waals surface area contributed by atoms with Crippen molar-refractivity contribution < 1.29 is 14.6 Å². The third-order valence-electron chi connectivity index (χ3n) is 2.71. The van der Waals surface area contributed by atoms with Crippen LogP contribution in [0.3, 0.4) is 0 Å². The Hall–Kier alpha value is -1.65. The number of methoxy groups -OCH3 is 1. The molecule has 0 bridgehead atoms. The van der Waals surface area contributed by atoms with Gasteiger partial charge in [-0.3, -0.25) is 4.79 Å². The standard InChI is InChI=1S/C15H21NO3/c1-13-4-3-5-14(12-13)6-7-15(18)16(8-10-17)9-11-19-2/h3-7,12,17H,8-11H2,1-2H3/b7-6+. The van der Waals surface area contributed by atoms with Gasteiger partial charge in [-0.1, -0.05) is 29.8 Å². The van der Waals surface area contributed by atoms with Crippen LogP contribution in [0.15, 0.2) is 30.3 Å². The summed E-state index contributed by atoms with van der Waals surface area (Å²) in [5, 5.41) is 8.95. The van der Waals surface area contributed by atoms with Crippen LogP contribution in [0, 0.1) is 6.92 Å². The lowest BCUT2D eigenvalue weighted by atomic mass is 10.1. The van der Waals surface area contributed by atoms with E-state index in [4.69, 9.17) is 9.84 Å². The fourth-order valence-electron chi connectivity index (χ4n) is 1.70. The van der Waals surface area contributed by atoms with E-state index in [0.29, 0.717) is 19.7 Å². The number of amides is 1. The molecule has 0 unspecified atom stereocenters. The number of aliphatic hydroxyl groups excluding tert-OH is 1. The second kappa shape index (κ2) is 8.45. The van der Waals surface area contributed by atoms with E-state index in [2.05, 4.69) is 0 Å². The Labute approximate surface area is 114 Å². The van der Waals surface area contributed by atoms with E-state index in [-0.39, 0.29) is 12.5 Å². The molecule has 0 aliphatic carbocycles. The number of hydrogen-bond acceptors (Lipinski definition) is 3. The van der Waals surface area contributed by atoms with Gasteiger partial charge in [0.1, 0.15) is 0 Å². The van der Waals surface area contributed by atoms with Gasteiger partial charge in [0.25, 0.3) is 0 Å². The molecule has 0 heterocycles. The van der Waals surface area contributed by atoms with Gasteiger partial charge >= 0.3 is 0 Å². The lowest BCUT2D eigenvalue weighted by molar-refractivity contribution is -0.127. The summed E-state index contributed by atoms with van der Waals surface area (Å²) < 4.78 is 4.95. The molecule has 1 aromatic rings. The number of aliphatic hydroxyl groups is 1. The monoisotopic (exact) mass is 263 g/mol. The maximum absolute atomic E-state index is 12.0. The summed E-state index contributed by atoms with van der Waals surface area (Å²) in [6, 6.07) is 7.92. The normalized spacial score (nSPS) is 10.9. The Bertz CT molecular complexity index is 429. The average Bonchev–Trinajstić information content (AvgIpc) is 2.41. The minimum atomic E-state index is -0.118. The first-order chi connectivity index (χ1) is 9.17. The number of benzene rings is 1. The zero-order chi connectivity index (χ0) is 14.1. The van der Waals surface area contributed by atoms with Crippen LogP contribution in [0.2, 0.25) is 0 Å². The van der Waals surface area contributed by atoms with Crippen LogP contribution < -0.4 is 0 Å². The minimum Gasteiger partial charge on any atom is -0.395 e. The summed E-state index contributed by atoms with van der Waals surface area (Å²) >= 11 is 0. The first kappa shape index (κ1) is 15.4. The maximum atomic E-state index is 12.0.